The highest BCUT2D eigenvalue weighted by molar-refractivity contribution is 6.12. The molecule has 1 saturated heterocycles. The maximum atomic E-state index is 9.60. The van der Waals surface area contributed by atoms with E-state index in [2.05, 4.69) is 0 Å². The Bertz CT molecular complexity index is 177. The molecule has 4 heteroatoms. The number of hydrogen-bond donors (Lipinski definition) is 2. The van der Waals surface area contributed by atoms with Crippen LogP contribution in [0.2, 0.25) is 5.82 Å². The number of ether oxygens (including phenoxy) is 1. The summed E-state index contributed by atoms with van der Waals surface area (Å²) in [5.74, 6) is -0.188. The Morgan fingerprint density at radius 2 is 1.86 bits per heavy atom. The van der Waals surface area contributed by atoms with E-state index in [1.165, 1.54) is 0 Å². The maximum absolute atomic E-state index is 9.60. The highest BCUT2D eigenvalue weighted by Gasteiger charge is 2.29. The van der Waals surface area contributed by atoms with Crippen molar-refractivity contribution in [3.63, 3.8) is 0 Å². The highest BCUT2D eigenvalue weighted by atomic mass is 16.5. The van der Waals surface area contributed by atoms with Gasteiger partial charge in [0.1, 0.15) is 0 Å². The van der Waals surface area contributed by atoms with Crippen molar-refractivity contribution in [3.05, 3.63) is 0 Å². The van der Waals surface area contributed by atoms with E-state index in [0.717, 1.165) is 6.42 Å². The lowest BCUT2D eigenvalue weighted by Crippen LogP contribution is -2.38. The Balaban J connectivity index is 2.62. The Labute approximate surface area is 86.9 Å². The van der Waals surface area contributed by atoms with Gasteiger partial charge >= 0.3 is 0 Å². The van der Waals surface area contributed by atoms with Gasteiger partial charge in [0.15, 0.2) is 0 Å². The fraction of sp³-hybridized carbons (Fsp3) is 1.00. The highest BCUT2D eigenvalue weighted by Crippen LogP contribution is 2.27. The van der Waals surface area contributed by atoms with Crippen molar-refractivity contribution in [1.82, 2.24) is 0 Å². The molecular weight excluding hydrogens is 179 g/mol. The molecule has 0 amide bonds. The second kappa shape index (κ2) is 5.15. The van der Waals surface area contributed by atoms with Gasteiger partial charge in [0, 0.05) is 6.42 Å². The van der Waals surface area contributed by atoms with E-state index >= 15 is 0 Å². The van der Waals surface area contributed by atoms with Gasteiger partial charge in [-0.3, -0.25) is 0 Å². The summed E-state index contributed by atoms with van der Waals surface area (Å²) >= 11 is 0. The van der Waals surface area contributed by atoms with Gasteiger partial charge in [-0.2, -0.15) is 0 Å². The Morgan fingerprint density at radius 1 is 1.29 bits per heavy atom. The molecule has 0 aromatic carbocycles. The quantitative estimate of drug-likeness (QED) is 0.608. The van der Waals surface area contributed by atoms with E-state index in [-0.39, 0.29) is 18.0 Å². The number of aliphatic hydroxyl groups is 2. The molecule has 0 unspecified atom stereocenters. The SMILES string of the molecule is [B][C@H]1C[C@@H](O)[C@@H](O)C[C@@H](C)O[C@@H]1CC. The Morgan fingerprint density at radius 3 is 2.43 bits per heavy atom. The van der Waals surface area contributed by atoms with Crippen LogP contribution in [-0.4, -0.2) is 42.5 Å². The Hall–Kier alpha value is -0.0551. The van der Waals surface area contributed by atoms with Crippen LogP contribution in [0.5, 0.6) is 0 Å². The fourth-order valence-corrected chi connectivity index (χ4v) is 1.94. The van der Waals surface area contributed by atoms with Crippen molar-refractivity contribution < 1.29 is 14.9 Å². The van der Waals surface area contributed by atoms with Gasteiger partial charge in [-0.15, -0.1) is 0 Å². The largest absolute Gasteiger partial charge is 0.390 e. The second-order valence-electron chi connectivity index (χ2n) is 4.16. The molecule has 1 heterocycles. The molecule has 1 rings (SSSR count). The van der Waals surface area contributed by atoms with Crippen molar-refractivity contribution in [2.24, 2.45) is 0 Å². The molecule has 3 nitrogen and oxygen atoms in total. The summed E-state index contributed by atoms with van der Waals surface area (Å²) in [7, 11) is 5.88. The van der Waals surface area contributed by atoms with Gasteiger partial charge in [-0.1, -0.05) is 6.92 Å². The molecule has 2 N–H and O–H groups in total. The molecule has 14 heavy (non-hydrogen) atoms. The van der Waals surface area contributed by atoms with Crippen molar-refractivity contribution >= 4 is 7.85 Å². The predicted molar refractivity (Wildman–Crippen MR) is 55.4 cm³/mol. The molecule has 1 fully saturated rings. The predicted octanol–water partition coefficient (Wildman–Crippen LogP) is 0.643. The summed E-state index contributed by atoms with van der Waals surface area (Å²) in [6.45, 7) is 3.91. The average molecular weight is 198 g/mol. The lowest BCUT2D eigenvalue weighted by molar-refractivity contribution is -0.0842. The summed E-state index contributed by atoms with van der Waals surface area (Å²) in [6.07, 6.45) is 0.243. The molecule has 0 spiro atoms. The molecule has 0 aromatic heterocycles. The number of hydrogen-bond acceptors (Lipinski definition) is 3. The van der Waals surface area contributed by atoms with Crippen LogP contribution < -0.4 is 0 Å². The van der Waals surface area contributed by atoms with Crippen molar-refractivity contribution in [1.29, 1.82) is 0 Å². The molecule has 1 aliphatic heterocycles. The van der Waals surface area contributed by atoms with Crippen LogP contribution in [0.3, 0.4) is 0 Å². The first kappa shape index (κ1) is 12.0. The number of rotatable bonds is 1. The maximum Gasteiger partial charge on any atom is 0.0823 e. The topological polar surface area (TPSA) is 49.7 Å². The van der Waals surface area contributed by atoms with E-state index < -0.39 is 12.2 Å². The summed E-state index contributed by atoms with van der Waals surface area (Å²) in [5.41, 5.74) is 0. The van der Waals surface area contributed by atoms with E-state index in [4.69, 9.17) is 12.6 Å². The third-order valence-electron chi connectivity index (χ3n) is 2.82. The van der Waals surface area contributed by atoms with E-state index in [0.29, 0.717) is 12.8 Å². The molecule has 5 atom stereocenters. The second-order valence-corrected chi connectivity index (χ2v) is 4.16. The molecular formula is C10H19BO3. The van der Waals surface area contributed by atoms with Crippen molar-refractivity contribution in [3.8, 4) is 0 Å². The Kier molecular flexibility index (Phi) is 4.42. The minimum Gasteiger partial charge on any atom is -0.390 e. The van der Waals surface area contributed by atoms with Gasteiger partial charge in [0.25, 0.3) is 0 Å². The molecule has 0 aromatic rings. The van der Waals surface area contributed by atoms with E-state index in [1.807, 2.05) is 13.8 Å². The van der Waals surface area contributed by atoms with Crippen LogP contribution in [0.4, 0.5) is 0 Å². The summed E-state index contributed by atoms with van der Waals surface area (Å²) < 4.78 is 5.68. The minimum atomic E-state index is -0.717. The monoisotopic (exact) mass is 198 g/mol. The first-order chi connectivity index (χ1) is 6.54. The zero-order chi connectivity index (χ0) is 10.7. The smallest absolute Gasteiger partial charge is 0.0823 e. The van der Waals surface area contributed by atoms with Gasteiger partial charge < -0.3 is 14.9 Å². The molecule has 2 radical (unpaired) electrons. The first-order valence-electron chi connectivity index (χ1n) is 5.31. The lowest BCUT2D eigenvalue weighted by atomic mass is 9.75. The third kappa shape index (κ3) is 2.97. The molecule has 0 bridgehead atoms. The number of aliphatic hydroxyl groups excluding tert-OH is 2. The van der Waals surface area contributed by atoms with E-state index in [9.17, 15) is 10.2 Å². The fourth-order valence-electron chi connectivity index (χ4n) is 1.94. The molecule has 0 saturated carbocycles. The van der Waals surface area contributed by atoms with Crippen molar-refractivity contribution in [2.45, 2.75) is 63.3 Å². The standard InChI is InChI=1S/C10H19BO3/c1-3-10-7(11)5-9(13)8(12)4-6(2)14-10/h6-10,12-13H,3-5H2,1-2H3/t6-,7+,8+,9-,10-/m1/s1. The zero-order valence-corrected chi connectivity index (χ0v) is 8.89. The molecule has 80 valence electrons. The molecule has 1 aliphatic rings. The van der Waals surface area contributed by atoms with Crippen molar-refractivity contribution in [2.75, 3.05) is 0 Å². The average Bonchev–Trinajstić information content (AvgIpc) is 2.12. The summed E-state index contributed by atoms with van der Waals surface area (Å²) in [5, 5.41) is 19.1. The lowest BCUT2D eigenvalue weighted by Gasteiger charge is -2.34. The normalized spacial score (nSPS) is 45.6. The van der Waals surface area contributed by atoms with Gasteiger partial charge in [0.2, 0.25) is 0 Å². The van der Waals surface area contributed by atoms with Crippen LogP contribution in [-0.2, 0) is 4.74 Å². The van der Waals surface area contributed by atoms with Crippen LogP contribution in [0, 0.1) is 0 Å². The van der Waals surface area contributed by atoms with E-state index in [1.54, 1.807) is 0 Å². The zero-order valence-electron chi connectivity index (χ0n) is 8.89. The summed E-state index contributed by atoms with van der Waals surface area (Å²) in [4.78, 5) is 0. The van der Waals surface area contributed by atoms with Gasteiger partial charge in [-0.05, 0) is 25.6 Å². The first-order valence-corrected chi connectivity index (χ1v) is 5.31. The summed E-state index contributed by atoms with van der Waals surface area (Å²) in [6, 6.07) is 0. The van der Waals surface area contributed by atoms with Crippen LogP contribution in [0.25, 0.3) is 0 Å². The van der Waals surface area contributed by atoms with Gasteiger partial charge in [0.05, 0.1) is 32.3 Å². The van der Waals surface area contributed by atoms with Crippen LogP contribution >= 0.6 is 0 Å². The van der Waals surface area contributed by atoms with Gasteiger partial charge in [-0.25, -0.2) is 0 Å². The minimum absolute atomic E-state index is 0.00727. The van der Waals surface area contributed by atoms with Crippen LogP contribution in [0.1, 0.15) is 33.1 Å². The third-order valence-corrected chi connectivity index (χ3v) is 2.82. The molecule has 0 aliphatic carbocycles. The van der Waals surface area contributed by atoms with Crippen LogP contribution in [0.15, 0.2) is 0 Å².